The van der Waals surface area contributed by atoms with Gasteiger partial charge in [0.1, 0.15) is 0 Å². The van der Waals surface area contributed by atoms with Crippen LogP contribution in [0.15, 0.2) is 128 Å². The van der Waals surface area contributed by atoms with E-state index in [1.807, 2.05) is 12.4 Å². The summed E-state index contributed by atoms with van der Waals surface area (Å²) in [6.45, 7) is 6.60. The molecule has 0 amide bonds. The summed E-state index contributed by atoms with van der Waals surface area (Å²) in [4.78, 5) is 9.72. The summed E-state index contributed by atoms with van der Waals surface area (Å²) in [6.07, 6.45) is 10.0. The van der Waals surface area contributed by atoms with Crippen molar-refractivity contribution in [2.75, 3.05) is 0 Å². The van der Waals surface area contributed by atoms with Gasteiger partial charge >= 0.3 is 0 Å². The molecule has 0 atom stereocenters. The number of nitrogens with zero attached hydrogens (tertiary/aromatic N) is 2. The van der Waals surface area contributed by atoms with Gasteiger partial charge in [-0.05, 0) is 118 Å². The summed E-state index contributed by atoms with van der Waals surface area (Å²) in [7, 11) is 0. The number of benzene rings is 5. The lowest BCUT2D eigenvalue weighted by molar-refractivity contribution is 0.665. The summed E-state index contributed by atoms with van der Waals surface area (Å²) >= 11 is 0. The molecule has 0 aliphatic heterocycles. The lowest BCUT2D eigenvalue weighted by atomic mass is 9.91. The van der Waals surface area contributed by atoms with E-state index in [2.05, 4.69) is 136 Å². The third-order valence-corrected chi connectivity index (χ3v) is 8.52. The lowest BCUT2D eigenvalue weighted by Gasteiger charge is -2.13. The van der Waals surface area contributed by atoms with E-state index in [0.717, 1.165) is 28.9 Å². The Labute approximate surface area is 262 Å². The van der Waals surface area contributed by atoms with Gasteiger partial charge in [0.2, 0.25) is 0 Å². The molecule has 0 unspecified atom stereocenters. The van der Waals surface area contributed by atoms with E-state index in [1.165, 1.54) is 75.8 Å². The van der Waals surface area contributed by atoms with Crippen molar-refractivity contribution in [1.29, 1.82) is 0 Å². The molecule has 44 heavy (non-hydrogen) atoms. The van der Waals surface area contributed by atoms with E-state index in [-0.39, 0.29) is 0 Å². The summed E-state index contributed by atoms with van der Waals surface area (Å²) in [5.41, 5.74) is 14.4. The average molecular weight is 573 g/mol. The lowest BCUT2D eigenvalue weighted by Crippen LogP contribution is -1.95. The van der Waals surface area contributed by atoms with Gasteiger partial charge in [-0.15, -0.1) is 0 Å². The van der Waals surface area contributed by atoms with Gasteiger partial charge in [0, 0.05) is 18.0 Å². The number of unbranched alkanes of at least 4 members (excludes halogenated alkanes) is 3. The molecule has 1 aromatic heterocycles. The maximum atomic E-state index is 4.86. The first-order valence-corrected chi connectivity index (χ1v) is 15.9. The number of rotatable bonds is 10. The molecule has 6 rings (SSSR count). The quantitative estimate of drug-likeness (QED) is 0.153. The normalized spacial score (nSPS) is 11.1. The van der Waals surface area contributed by atoms with Crippen molar-refractivity contribution in [1.82, 2.24) is 9.97 Å². The van der Waals surface area contributed by atoms with Gasteiger partial charge in [-0.2, -0.15) is 0 Å². The fourth-order valence-electron chi connectivity index (χ4n) is 6.01. The van der Waals surface area contributed by atoms with Crippen LogP contribution < -0.4 is 0 Å². The Balaban J connectivity index is 1.43. The molecule has 2 heteroatoms. The van der Waals surface area contributed by atoms with Crippen LogP contribution in [-0.2, 0) is 6.42 Å². The molecule has 0 bridgehead atoms. The first-order valence-electron chi connectivity index (χ1n) is 15.9. The topological polar surface area (TPSA) is 25.8 Å². The number of aromatic nitrogens is 2. The zero-order chi connectivity index (χ0) is 30.3. The van der Waals surface area contributed by atoms with Crippen molar-refractivity contribution in [2.45, 2.75) is 52.9 Å². The summed E-state index contributed by atoms with van der Waals surface area (Å²) in [5, 5.41) is 0. The van der Waals surface area contributed by atoms with Crippen molar-refractivity contribution in [2.24, 2.45) is 0 Å². The minimum atomic E-state index is 0.760. The Hall–Kier alpha value is -4.82. The van der Waals surface area contributed by atoms with Crippen LogP contribution in [0.3, 0.4) is 0 Å². The van der Waals surface area contributed by atoms with Gasteiger partial charge in [-0.25, -0.2) is 9.97 Å². The summed E-state index contributed by atoms with van der Waals surface area (Å²) in [6, 6.07) is 41.7. The van der Waals surface area contributed by atoms with Crippen LogP contribution in [-0.4, -0.2) is 9.97 Å². The van der Waals surface area contributed by atoms with Gasteiger partial charge in [-0.1, -0.05) is 111 Å². The molecule has 6 aromatic rings. The Kier molecular flexibility index (Phi) is 9.08. The largest absolute Gasteiger partial charge is 0.236 e. The van der Waals surface area contributed by atoms with Crippen LogP contribution in [0.25, 0.3) is 55.9 Å². The predicted molar refractivity (Wildman–Crippen MR) is 187 cm³/mol. The Morgan fingerprint density at radius 2 is 0.932 bits per heavy atom. The van der Waals surface area contributed by atoms with Crippen LogP contribution in [0.2, 0.25) is 0 Å². The van der Waals surface area contributed by atoms with Gasteiger partial charge < -0.3 is 0 Å². The number of aryl methyl sites for hydroxylation is 3. The second-order valence-corrected chi connectivity index (χ2v) is 11.8. The molecule has 0 radical (unpaired) electrons. The highest BCUT2D eigenvalue weighted by Crippen LogP contribution is 2.35. The van der Waals surface area contributed by atoms with Crippen LogP contribution in [0.4, 0.5) is 0 Å². The molecule has 0 saturated heterocycles. The minimum Gasteiger partial charge on any atom is -0.236 e. The van der Waals surface area contributed by atoms with Crippen LogP contribution in [0, 0.1) is 13.8 Å². The summed E-state index contributed by atoms with van der Waals surface area (Å²) in [5.74, 6) is 0.760. The fourth-order valence-corrected chi connectivity index (χ4v) is 6.01. The van der Waals surface area contributed by atoms with E-state index in [1.54, 1.807) is 0 Å². The molecule has 0 spiro atoms. The van der Waals surface area contributed by atoms with Crippen molar-refractivity contribution < 1.29 is 0 Å². The third kappa shape index (κ3) is 6.71. The Morgan fingerprint density at radius 1 is 0.455 bits per heavy atom. The fraction of sp³-hybridized carbons (Fsp3) is 0.190. The van der Waals surface area contributed by atoms with Crippen molar-refractivity contribution >= 4 is 0 Å². The molecule has 0 fully saturated rings. The van der Waals surface area contributed by atoms with E-state index in [9.17, 15) is 0 Å². The van der Waals surface area contributed by atoms with E-state index in [4.69, 9.17) is 9.97 Å². The van der Waals surface area contributed by atoms with Gasteiger partial charge in [0.25, 0.3) is 0 Å². The SMILES string of the molecule is CCCCCCc1cnc(-c2cc(-c3cccc(-c4ccccc4C)c3)cc(-c3cccc(-c4ccccc4C)c3)c2)nc1. The highest BCUT2D eigenvalue weighted by molar-refractivity contribution is 5.83. The third-order valence-electron chi connectivity index (χ3n) is 8.52. The molecular formula is C42H40N2. The van der Waals surface area contributed by atoms with Crippen molar-refractivity contribution in [3.05, 3.63) is 144 Å². The predicted octanol–water partition coefficient (Wildman–Crippen LogP) is 11.6. The molecule has 2 nitrogen and oxygen atoms in total. The van der Waals surface area contributed by atoms with Crippen LogP contribution in [0.5, 0.6) is 0 Å². The monoisotopic (exact) mass is 572 g/mol. The number of hydrogen-bond acceptors (Lipinski definition) is 2. The molecule has 0 N–H and O–H groups in total. The Bertz CT molecular complexity index is 1760. The maximum Gasteiger partial charge on any atom is 0.159 e. The van der Waals surface area contributed by atoms with E-state index < -0.39 is 0 Å². The molecule has 5 aromatic carbocycles. The molecule has 0 aliphatic rings. The van der Waals surface area contributed by atoms with Gasteiger partial charge in [-0.3, -0.25) is 0 Å². The highest BCUT2D eigenvalue weighted by Gasteiger charge is 2.12. The maximum absolute atomic E-state index is 4.86. The second-order valence-electron chi connectivity index (χ2n) is 11.8. The average Bonchev–Trinajstić information content (AvgIpc) is 3.07. The van der Waals surface area contributed by atoms with E-state index >= 15 is 0 Å². The standard InChI is InChI=1S/C42H40N2/c1-4-5-6-7-16-32-28-43-42(44-29-32)39-26-37(33-17-12-19-35(23-33)40-21-10-8-14-30(40)2)25-38(27-39)34-18-13-20-36(24-34)41-22-11-9-15-31(41)3/h8-15,17-29H,4-7,16H2,1-3H3. The Morgan fingerprint density at radius 3 is 1.45 bits per heavy atom. The minimum absolute atomic E-state index is 0.760. The van der Waals surface area contributed by atoms with Gasteiger partial charge in [0.15, 0.2) is 5.82 Å². The molecule has 0 saturated carbocycles. The first kappa shape index (κ1) is 29.3. The van der Waals surface area contributed by atoms with Crippen molar-refractivity contribution in [3.63, 3.8) is 0 Å². The smallest absolute Gasteiger partial charge is 0.159 e. The molecular weight excluding hydrogens is 532 g/mol. The first-order chi connectivity index (χ1) is 21.6. The second kappa shape index (κ2) is 13.7. The molecule has 1 heterocycles. The van der Waals surface area contributed by atoms with E-state index in [0.29, 0.717) is 0 Å². The zero-order valence-corrected chi connectivity index (χ0v) is 26.1. The van der Waals surface area contributed by atoms with Crippen LogP contribution >= 0.6 is 0 Å². The number of hydrogen-bond donors (Lipinski definition) is 0. The van der Waals surface area contributed by atoms with Crippen LogP contribution in [0.1, 0.15) is 49.3 Å². The van der Waals surface area contributed by atoms with Crippen molar-refractivity contribution in [3.8, 4) is 55.9 Å². The molecule has 0 aliphatic carbocycles. The zero-order valence-electron chi connectivity index (χ0n) is 26.1. The van der Waals surface area contributed by atoms with Gasteiger partial charge in [0.05, 0.1) is 0 Å². The molecule has 218 valence electrons. The highest BCUT2D eigenvalue weighted by atomic mass is 14.9. The summed E-state index contributed by atoms with van der Waals surface area (Å²) < 4.78 is 0.